The van der Waals surface area contributed by atoms with Gasteiger partial charge in [-0.1, -0.05) is 42.5 Å². The Morgan fingerprint density at radius 1 is 0.828 bits per heavy atom. The maximum absolute atomic E-state index is 12.4. The quantitative estimate of drug-likeness (QED) is 0.345. The van der Waals surface area contributed by atoms with Gasteiger partial charge in [0.05, 0.1) is 5.75 Å². The molecule has 3 N–H and O–H groups in total. The molecule has 3 rings (SSSR count). The van der Waals surface area contributed by atoms with Crippen LogP contribution in [0.15, 0.2) is 77.7 Å². The summed E-state index contributed by atoms with van der Waals surface area (Å²) in [5.41, 5.74) is 4.83. The number of aryl methyl sites for hydroxylation is 2. The van der Waals surface area contributed by atoms with Crippen LogP contribution in [-0.4, -0.2) is 16.8 Å². The Balaban J connectivity index is 1.54. The molecule has 0 aromatic heterocycles. The third-order valence-corrected chi connectivity index (χ3v) is 5.44. The summed E-state index contributed by atoms with van der Waals surface area (Å²) in [4.78, 5) is 13.4. The van der Waals surface area contributed by atoms with Crippen molar-refractivity contribution in [3.63, 3.8) is 0 Å². The molecule has 0 heterocycles. The number of para-hydroxylation sites is 2. The Kier molecular flexibility index (Phi) is 7.27. The summed E-state index contributed by atoms with van der Waals surface area (Å²) in [7, 11) is 0. The van der Waals surface area contributed by atoms with Gasteiger partial charge in [-0.2, -0.15) is 0 Å². The Hall–Kier alpha value is -2.83. The van der Waals surface area contributed by atoms with Crippen molar-refractivity contribution in [3.8, 4) is 0 Å². The van der Waals surface area contributed by atoms with Gasteiger partial charge in [-0.15, -0.1) is 11.8 Å². The lowest BCUT2D eigenvalue weighted by Gasteiger charge is -2.12. The van der Waals surface area contributed by atoms with E-state index in [9.17, 15) is 4.79 Å². The molecule has 0 bridgehead atoms. The van der Waals surface area contributed by atoms with Gasteiger partial charge in [0.25, 0.3) is 0 Å². The van der Waals surface area contributed by atoms with Crippen molar-refractivity contribution >= 4 is 52.1 Å². The molecule has 0 saturated heterocycles. The van der Waals surface area contributed by atoms with Gasteiger partial charge in [-0.3, -0.25) is 4.79 Å². The highest BCUT2D eigenvalue weighted by atomic mass is 32.2. The first-order chi connectivity index (χ1) is 14.0. The predicted molar refractivity (Wildman–Crippen MR) is 128 cm³/mol. The number of rotatable bonds is 6. The minimum absolute atomic E-state index is 0.0213. The minimum Gasteiger partial charge on any atom is -0.332 e. The standard InChI is InChI=1S/C23H23N3OS2/c1-16-8-6-9-17(2)22(16)26-21(27)15-29-20-13-7-12-19(14-20)25-23(28)24-18-10-4-3-5-11-18/h3-14H,15H2,1-2H3,(H,26,27)(H2,24,25,28). The molecule has 3 aromatic rings. The zero-order valence-electron chi connectivity index (χ0n) is 16.4. The molecule has 0 aliphatic carbocycles. The minimum atomic E-state index is -0.0213. The Labute approximate surface area is 181 Å². The molecule has 4 nitrogen and oxygen atoms in total. The van der Waals surface area contributed by atoms with Crippen molar-refractivity contribution in [1.82, 2.24) is 0 Å². The van der Waals surface area contributed by atoms with Crippen LogP contribution in [0, 0.1) is 13.8 Å². The van der Waals surface area contributed by atoms with E-state index in [1.165, 1.54) is 11.8 Å². The summed E-state index contributed by atoms with van der Waals surface area (Å²) in [5, 5.41) is 9.86. The Bertz CT molecular complexity index is 986. The molecule has 0 saturated carbocycles. The molecule has 0 aliphatic rings. The van der Waals surface area contributed by atoms with Gasteiger partial charge in [0, 0.05) is 22.0 Å². The summed E-state index contributed by atoms with van der Waals surface area (Å²) in [6, 6.07) is 23.6. The molecule has 1 amide bonds. The lowest BCUT2D eigenvalue weighted by Crippen LogP contribution is -2.19. The van der Waals surface area contributed by atoms with E-state index in [0.29, 0.717) is 10.9 Å². The molecular formula is C23H23N3OS2. The van der Waals surface area contributed by atoms with Crippen molar-refractivity contribution in [3.05, 3.63) is 83.9 Å². The molecule has 3 aromatic carbocycles. The molecular weight excluding hydrogens is 398 g/mol. The molecule has 0 spiro atoms. The van der Waals surface area contributed by atoms with Crippen molar-refractivity contribution in [2.75, 3.05) is 21.7 Å². The summed E-state index contributed by atoms with van der Waals surface area (Å²) in [5.74, 6) is 0.316. The van der Waals surface area contributed by atoms with E-state index in [1.807, 2.05) is 86.6 Å². The SMILES string of the molecule is Cc1cccc(C)c1NC(=O)CSc1cccc(NC(=S)Nc2ccccc2)c1. The number of nitrogens with one attached hydrogen (secondary N) is 3. The van der Waals surface area contributed by atoms with Gasteiger partial charge in [-0.25, -0.2) is 0 Å². The molecule has 0 atom stereocenters. The molecule has 6 heteroatoms. The number of benzene rings is 3. The first kappa shape index (κ1) is 20.9. The maximum atomic E-state index is 12.4. The summed E-state index contributed by atoms with van der Waals surface area (Å²) >= 11 is 6.86. The third-order valence-electron chi connectivity index (χ3n) is 4.24. The van der Waals surface area contributed by atoms with E-state index in [1.54, 1.807) is 0 Å². The average molecular weight is 422 g/mol. The fourth-order valence-corrected chi connectivity index (χ4v) is 3.81. The highest BCUT2D eigenvalue weighted by Crippen LogP contribution is 2.24. The predicted octanol–water partition coefficient (Wildman–Crippen LogP) is 5.84. The summed E-state index contributed by atoms with van der Waals surface area (Å²) in [6.45, 7) is 3.99. The van der Waals surface area contributed by atoms with E-state index in [-0.39, 0.29) is 5.91 Å². The smallest absolute Gasteiger partial charge is 0.234 e. The second kappa shape index (κ2) is 10.1. The maximum Gasteiger partial charge on any atom is 0.234 e. The molecule has 29 heavy (non-hydrogen) atoms. The lowest BCUT2D eigenvalue weighted by molar-refractivity contribution is -0.113. The van der Waals surface area contributed by atoms with E-state index in [2.05, 4.69) is 16.0 Å². The molecule has 0 aliphatic heterocycles. The van der Waals surface area contributed by atoms with E-state index in [4.69, 9.17) is 12.2 Å². The van der Waals surface area contributed by atoms with Gasteiger partial charge in [0.15, 0.2) is 5.11 Å². The van der Waals surface area contributed by atoms with Gasteiger partial charge in [0.2, 0.25) is 5.91 Å². The van der Waals surface area contributed by atoms with Crippen molar-refractivity contribution in [1.29, 1.82) is 0 Å². The second-order valence-corrected chi connectivity index (χ2v) is 8.03. The van der Waals surface area contributed by atoms with Crippen LogP contribution < -0.4 is 16.0 Å². The van der Waals surface area contributed by atoms with Crippen LogP contribution in [0.5, 0.6) is 0 Å². The molecule has 0 radical (unpaired) electrons. The van der Waals surface area contributed by atoms with E-state index in [0.717, 1.165) is 33.1 Å². The molecule has 0 fully saturated rings. The average Bonchev–Trinajstić information content (AvgIpc) is 2.70. The molecule has 0 unspecified atom stereocenters. The van der Waals surface area contributed by atoms with E-state index >= 15 is 0 Å². The zero-order valence-corrected chi connectivity index (χ0v) is 18.0. The van der Waals surface area contributed by atoms with Crippen molar-refractivity contribution < 1.29 is 4.79 Å². The summed E-state index contributed by atoms with van der Waals surface area (Å²) < 4.78 is 0. The van der Waals surface area contributed by atoms with E-state index < -0.39 is 0 Å². The van der Waals surface area contributed by atoms with Gasteiger partial charge >= 0.3 is 0 Å². The van der Waals surface area contributed by atoms with Crippen LogP contribution in [-0.2, 0) is 4.79 Å². The van der Waals surface area contributed by atoms with Crippen LogP contribution in [0.2, 0.25) is 0 Å². The Morgan fingerprint density at radius 3 is 2.17 bits per heavy atom. The Morgan fingerprint density at radius 2 is 1.45 bits per heavy atom. The number of hydrogen-bond acceptors (Lipinski definition) is 3. The number of thiocarbonyl (C=S) groups is 1. The van der Waals surface area contributed by atoms with Crippen LogP contribution in [0.4, 0.5) is 17.1 Å². The fraction of sp³-hybridized carbons (Fsp3) is 0.130. The van der Waals surface area contributed by atoms with Gasteiger partial charge in [0.1, 0.15) is 0 Å². The first-order valence-electron chi connectivity index (χ1n) is 9.23. The van der Waals surface area contributed by atoms with Gasteiger partial charge in [-0.05, 0) is 67.5 Å². The monoisotopic (exact) mass is 421 g/mol. The number of carbonyl (C=O) groups excluding carboxylic acids is 1. The number of anilines is 3. The number of hydrogen-bond donors (Lipinski definition) is 3. The van der Waals surface area contributed by atoms with Crippen LogP contribution in [0.25, 0.3) is 0 Å². The number of amides is 1. The topological polar surface area (TPSA) is 53.2 Å². The summed E-state index contributed by atoms with van der Waals surface area (Å²) in [6.07, 6.45) is 0. The lowest BCUT2D eigenvalue weighted by atomic mass is 10.1. The fourth-order valence-electron chi connectivity index (χ4n) is 2.81. The van der Waals surface area contributed by atoms with Crippen LogP contribution in [0.3, 0.4) is 0 Å². The molecule has 148 valence electrons. The van der Waals surface area contributed by atoms with Crippen LogP contribution >= 0.6 is 24.0 Å². The van der Waals surface area contributed by atoms with Gasteiger partial charge < -0.3 is 16.0 Å². The first-order valence-corrected chi connectivity index (χ1v) is 10.6. The largest absolute Gasteiger partial charge is 0.332 e. The highest BCUT2D eigenvalue weighted by Gasteiger charge is 2.08. The second-order valence-electron chi connectivity index (χ2n) is 6.58. The number of carbonyl (C=O) groups is 1. The zero-order chi connectivity index (χ0) is 20.6. The normalized spacial score (nSPS) is 10.3. The number of thioether (sulfide) groups is 1. The van der Waals surface area contributed by atoms with Crippen molar-refractivity contribution in [2.45, 2.75) is 18.7 Å². The van der Waals surface area contributed by atoms with Crippen LogP contribution in [0.1, 0.15) is 11.1 Å². The van der Waals surface area contributed by atoms with Crippen molar-refractivity contribution in [2.24, 2.45) is 0 Å². The third kappa shape index (κ3) is 6.34. The highest BCUT2D eigenvalue weighted by molar-refractivity contribution is 8.00.